The second-order valence-electron chi connectivity index (χ2n) is 16.1. The molecule has 0 spiro atoms. The standard InChI is InChI=1S/C62H44N2/c1-3-20-53(21-4-1)63(55-40-36-46(37-41-55)52-35-30-45-16-7-8-18-51(45)44-52)61-28-13-11-25-59(61)49-31-33-50(34-32-49)60-26-12-14-29-62(60)64(54-22-5-2-6-23-54)56-42-38-48(39-43-56)58-27-15-19-47-17-9-10-24-57(47)58/h1-44H. The Balaban J connectivity index is 0.942. The van der Waals surface area contributed by atoms with E-state index in [9.17, 15) is 0 Å². The van der Waals surface area contributed by atoms with Crippen LogP contribution in [0.2, 0.25) is 0 Å². The SMILES string of the molecule is c1ccc(N(c2ccc(-c3ccc4ccccc4c3)cc2)c2ccccc2-c2ccc(-c3ccccc3N(c3ccccc3)c3ccc(-c4cccc5ccccc45)cc3)cc2)cc1. The van der Waals surface area contributed by atoms with Gasteiger partial charge >= 0.3 is 0 Å². The van der Waals surface area contributed by atoms with Crippen molar-refractivity contribution in [1.29, 1.82) is 0 Å². The maximum Gasteiger partial charge on any atom is 0.0540 e. The summed E-state index contributed by atoms with van der Waals surface area (Å²) in [5.74, 6) is 0. The van der Waals surface area contributed by atoms with Gasteiger partial charge in [0.25, 0.3) is 0 Å². The van der Waals surface area contributed by atoms with Gasteiger partial charge in [-0.2, -0.15) is 0 Å². The van der Waals surface area contributed by atoms with Crippen LogP contribution in [-0.4, -0.2) is 0 Å². The van der Waals surface area contributed by atoms with E-state index in [0.29, 0.717) is 0 Å². The number of hydrogen-bond acceptors (Lipinski definition) is 2. The number of nitrogens with zero attached hydrogens (tertiary/aromatic N) is 2. The van der Waals surface area contributed by atoms with Crippen molar-refractivity contribution in [2.75, 3.05) is 9.80 Å². The lowest BCUT2D eigenvalue weighted by atomic mass is 9.96. The largest absolute Gasteiger partial charge is 0.310 e. The minimum atomic E-state index is 1.10. The summed E-state index contributed by atoms with van der Waals surface area (Å²) in [6.45, 7) is 0. The Hall–Kier alpha value is -8.46. The third-order valence-corrected chi connectivity index (χ3v) is 12.3. The van der Waals surface area contributed by atoms with Crippen molar-refractivity contribution in [3.63, 3.8) is 0 Å². The van der Waals surface area contributed by atoms with Crippen molar-refractivity contribution in [3.05, 3.63) is 267 Å². The first-order chi connectivity index (χ1) is 31.7. The minimum absolute atomic E-state index is 1.10. The van der Waals surface area contributed by atoms with Gasteiger partial charge in [0.15, 0.2) is 0 Å². The highest BCUT2D eigenvalue weighted by Crippen LogP contribution is 2.44. The Morgan fingerprint density at radius 1 is 0.203 bits per heavy atom. The molecule has 0 amide bonds. The van der Waals surface area contributed by atoms with Crippen molar-refractivity contribution in [2.24, 2.45) is 0 Å². The molecule has 0 aliphatic rings. The molecule has 64 heavy (non-hydrogen) atoms. The van der Waals surface area contributed by atoms with Crippen LogP contribution in [0.25, 0.3) is 66.1 Å². The molecule has 11 aromatic rings. The third-order valence-electron chi connectivity index (χ3n) is 12.3. The van der Waals surface area contributed by atoms with Crippen LogP contribution in [0.3, 0.4) is 0 Å². The lowest BCUT2D eigenvalue weighted by molar-refractivity contribution is 1.28. The lowest BCUT2D eigenvalue weighted by Gasteiger charge is -2.28. The molecule has 0 bridgehead atoms. The monoisotopic (exact) mass is 816 g/mol. The quantitative estimate of drug-likeness (QED) is 0.136. The van der Waals surface area contributed by atoms with Crippen molar-refractivity contribution in [2.45, 2.75) is 0 Å². The number of para-hydroxylation sites is 4. The van der Waals surface area contributed by atoms with E-state index >= 15 is 0 Å². The molecule has 0 N–H and O–H groups in total. The third kappa shape index (κ3) is 7.48. The second kappa shape index (κ2) is 17.1. The van der Waals surface area contributed by atoms with Gasteiger partial charge in [0.05, 0.1) is 11.4 Å². The van der Waals surface area contributed by atoms with Crippen LogP contribution in [0.1, 0.15) is 0 Å². The van der Waals surface area contributed by atoms with Crippen LogP contribution < -0.4 is 9.80 Å². The van der Waals surface area contributed by atoms with Gasteiger partial charge < -0.3 is 9.80 Å². The summed E-state index contributed by atoms with van der Waals surface area (Å²) in [5.41, 5.74) is 16.1. The average molecular weight is 817 g/mol. The van der Waals surface area contributed by atoms with Gasteiger partial charge in [0, 0.05) is 33.9 Å². The van der Waals surface area contributed by atoms with E-state index in [4.69, 9.17) is 0 Å². The predicted octanol–water partition coefficient (Wildman–Crippen LogP) is 17.6. The minimum Gasteiger partial charge on any atom is -0.310 e. The van der Waals surface area contributed by atoms with E-state index in [1.54, 1.807) is 0 Å². The van der Waals surface area contributed by atoms with Crippen LogP contribution in [-0.2, 0) is 0 Å². The lowest BCUT2D eigenvalue weighted by Crippen LogP contribution is -2.11. The fourth-order valence-corrected chi connectivity index (χ4v) is 9.10. The average Bonchev–Trinajstić information content (AvgIpc) is 3.38. The Labute approximate surface area is 375 Å². The van der Waals surface area contributed by atoms with Crippen molar-refractivity contribution in [1.82, 2.24) is 0 Å². The van der Waals surface area contributed by atoms with E-state index < -0.39 is 0 Å². The highest BCUT2D eigenvalue weighted by atomic mass is 15.1. The molecule has 0 aliphatic heterocycles. The Morgan fingerprint density at radius 2 is 0.578 bits per heavy atom. The number of benzene rings is 11. The van der Waals surface area contributed by atoms with Gasteiger partial charge in [-0.15, -0.1) is 0 Å². The summed E-state index contributed by atoms with van der Waals surface area (Å²) in [6, 6.07) is 96.2. The Bertz CT molecular complexity index is 3350. The van der Waals surface area contributed by atoms with Gasteiger partial charge in [-0.05, 0) is 122 Å². The zero-order valence-electron chi connectivity index (χ0n) is 35.3. The van der Waals surface area contributed by atoms with E-state index in [0.717, 1.165) is 56.4 Å². The smallest absolute Gasteiger partial charge is 0.0540 e. The van der Waals surface area contributed by atoms with Crippen molar-refractivity contribution >= 4 is 55.7 Å². The fraction of sp³-hybridized carbons (Fsp3) is 0. The number of rotatable bonds is 10. The molecule has 0 atom stereocenters. The Morgan fingerprint density at radius 3 is 1.16 bits per heavy atom. The fourth-order valence-electron chi connectivity index (χ4n) is 9.10. The molecule has 11 rings (SSSR count). The molecular formula is C62H44N2. The first kappa shape index (κ1) is 38.5. The van der Waals surface area contributed by atoms with Crippen molar-refractivity contribution in [3.8, 4) is 44.5 Å². The maximum atomic E-state index is 2.37. The summed E-state index contributed by atoms with van der Waals surface area (Å²) >= 11 is 0. The number of anilines is 6. The van der Waals surface area contributed by atoms with E-state index in [1.807, 2.05) is 0 Å². The highest BCUT2D eigenvalue weighted by Gasteiger charge is 2.20. The van der Waals surface area contributed by atoms with Gasteiger partial charge in [-0.25, -0.2) is 0 Å². The molecule has 2 heteroatoms. The second-order valence-corrected chi connectivity index (χ2v) is 16.1. The topological polar surface area (TPSA) is 6.48 Å². The highest BCUT2D eigenvalue weighted by molar-refractivity contribution is 5.98. The summed E-state index contributed by atoms with van der Waals surface area (Å²) in [4.78, 5) is 4.74. The molecule has 11 aromatic carbocycles. The van der Waals surface area contributed by atoms with Crippen LogP contribution in [0.4, 0.5) is 34.1 Å². The van der Waals surface area contributed by atoms with Crippen molar-refractivity contribution < 1.29 is 0 Å². The molecule has 2 nitrogen and oxygen atoms in total. The summed E-state index contributed by atoms with van der Waals surface area (Å²) < 4.78 is 0. The molecule has 0 radical (unpaired) electrons. The van der Waals surface area contributed by atoms with Gasteiger partial charge in [0.2, 0.25) is 0 Å². The zero-order valence-corrected chi connectivity index (χ0v) is 35.3. The number of fused-ring (bicyclic) bond motifs is 2. The normalized spacial score (nSPS) is 11.1. The molecule has 0 fully saturated rings. The molecule has 0 unspecified atom stereocenters. The summed E-state index contributed by atoms with van der Waals surface area (Å²) in [7, 11) is 0. The number of hydrogen-bond donors (Lipinski definition) is 0. The van der Waals surface area contributed by atoms with E-state index in [1.165, 1.54) is 43.8 Å². The molecule has 0 heterocycles. The first-order valence-corrected chi connectivity index (χ1v) is 21.9. The van der Waals surface area contributed by atoms with Crippen LogP contribution in [0.5, 0.6) is 0 Å². The molecule has 302 valence electrons. The Kier molecular flexibility index (Phi) is 10.3. The maximum absolute atomic E-state index is 2.37. The summed E-state index contributed by atoms with van der Waals surface area (Å²) in [5, 5.41) is 5.00. The molecule has 0 aliphatic carbocycles. The van der Waals surface area contributed by atoms with E-state index in [2.05, 4.69) is 277 Å². The van der Waals surface area contributed by atoms with Gasteiger partial charge in [-0.3, -0.25) is 0 Å². The zero-order chi connectivity index (χ0) is 42.7. The van der Waals surface area contributed by atoms with Crippen LogP contribution >= 0.6 is 0 Å². The van der Waals surface area contributed by atoms with Crippen LogP contribution in [0.15, 0.2) is 267 Å². The molecule has 0 aromatic heterocycles. The molecular weight excluding hydrogens is 773 g/mol. The summed E-state index contributed by atoms with van der Waals surface area (Å²) in [6.07, 6.45) is 0. The molecule has 0 saturated carbocycles. The molecule has 0 saturated heterocycles. The first-order valence-electron chi connectivity index (χ1n) is 21.9. The van der Waals surface area contributed by atoms with Gasteiger partial charge in [0.1, 0.15) is 0 Å². The van der Waals surface area contributed by atoms with Gasteiger partial charge in [-0.1, -0.05) is 200 Å². The predicted molar refractivity (Wildman–Crippen MR) is 273 cm³/mol. The van der Waals surface area contributed by atoms with E-state index in [-0.39, 0.29) is 0 Å². The van der Waals surface area contributed by atoms with Crippen LogP contribution in [0, 0.1) is 0 Å².